The van der Waals surface area contributed by atoms with E-state index in [0.29, 0.717) is 5.56 Å². The van der Waals surface area contributed by atoms with E-state index in [-0.39, 0.29) is 12.5 Å². The van der Waals surface area contributed by atoms with Crippen molar-refractivity contribution in [3.8, 4) is 0 Å². The molecule has 1 atom stereocenters. The molecular weight excluding hydrogens is 338 g/mol. The predicted octanol–water partition coefficient (Wildman–Crippen LogP) is 3.17. The maximum Gasteiger partial charge on any atom is 0.250 e. The van der Waals surface area contributed by atoms with Gasteiger partial charge in [-0.05, 0) is 29.8 Å². The Morgan fingerprint density at radius 3 is 1.70 bits per heavy atom. The summed E-state index contributed by atoms with van der Waals surface area (Å²) in [4.78, 5) is 26.8. The number of para-hydroxylation sites is 2. The zero-order valence-electron chi connectivity index (χ0n) is 14.8. The highest BCUT2D eigenvalue weighted by Crippen LogP contribution is 2.24. The number of hydrogen-bond acceptors (Lipinski definition) is 3. The lowest BCUT2D eigenvalue weighted by molar-refractivity contribution is -0.125. The molecule has 3 rings (SSSR count). The smallest absolute Gasteiger partial charge is 0.250 e. The van der Waals surface area contributed by atoms with Gasteiger partial charge in [0.1, 0.15) is 6.04 Å². The molecule has 27 heavy (non-hydrogen) atoms. The highest BCUT2D eigenvalue weighted by atomic mass is 16.2. The predicted molar refractivity (Wildman–Crippen MR) is 106 cm³/mol. The minimum Gasteiger partial charge on any atom is -0.345 e. The molecule has 0 aliphatic carbocycles. The lowest BCUT2D eigenvalue weighted by atomic mass is 10.1. The van der Waals surface area contributed by atoms with Crippen LogP contribution < -0.4 is 16.0 Å². The third-order valence-electron chi connectivity index (χ3n) is 4.13. The number of nitrogens with zero attached hydrogens (tertiary/aromatic N) is 1. The Morgan fingerprint density at radius 2 is 1.22 bits per heavy atom. The van der Waals surface area contributed by atoms with Gasteiger partial charge in [-0.15, -0.1) is 0 Å². The molecular formula is C22H21N3O2. The van der Waals surface area contributed by atoms with Crippen LogP contribution in [0.5, 0.6) is 0 Å². The van der Waals surface area contributed by atoms with Gasteiger partial charge < -0.3 is 11.1 Å². The van der Waals surface area contributed by atoms with E-state index in [4.69, 9.17) is 5.73 Å². The molecule has 0 fully saturated rings. The molecule has 0 saturated carbocycles. The summed E-state index contributed by atoms with van der Waals surface area (Å²) in [5.41, 5.74) is 8.15. The van der Waals surface area contributed by atoms with Gasteiger partial charge in [-0.2, -0.15) is 0 Å². The van der Waals surface area contributed by atoms with Crippen molar-refractivity contribution < 1.29 is 9.59 Å². The first-order chi connectivity index (χ1) is 13.2. The second-order valence-electron chi connectivity index (χ2n) is 6.01. The minimum absolute atomic E-state index is 0.150. The SMILES string of the molecule is NC(C(=O)NCC(=O)N(c1ccccc1)c1ccccc1)c1ccccc1. The molecule has 3 aromatic carbocycles. The maximum absolute atomic E-state index is 12.9. The van der Waals surface area contributed by atoms with Crippen molar-refractivity contribution in [2.24, 2.45) is 5.73 Å². The Hall–Kier alpha value is -3.44. The number of nitrogens with two attached hydrogens (primary N) is 1. The number of benzene rings is 3. The average molecular weight is 359 g/mol. The van der Waals surface area contributed by atoms with Gasteiger partial charge in [0.05, 0.1) is 6.54 Å². The van der Waals surface area contributed by atoms with E-state index in [9.17, 15) is 9.59 Å². The van der Waals surface area contributed by atoms with Crippen LogP contribution in [0.4, 0.5) is 11.4 Å². The number of nitrogens with one attached hydrogen (secondary N) is 1. The zero-order valence-corrected chi connectivity index (χ0v) is 14.8. The summed E-state index contributed by atoms with van der Waals surface area (Å²) in [6.45, 7) is -0.150. The molecule has 136 valence electrons. The van der Waals surface area contributed by atoms with Gasteiger partial charge in [0.15, 0.2) is 0 Å². The number of rotatable bonds is 6. The lowest BCUT2D eigenvalue weighted by Gasteiger charge is -2.23. The van der Waals surface area contributed by atoms with E-state index < -0.39 is 11.9 Å². The van der Waals surface area contributed by atoms with E-state index >= 15 is 0 Å². The molecule has 0 aliphatic heterocycles. The summed E-state index contributed by atoms with van der Waals surface area (Å²) in [5, 5.41) is 2.65. The van der Waals surface area contributed by atoms with Crippen LogP contribution in [0.2, 0.25) is 0 Å². The summed E-state index contributed by atoms with van der Waals surface area (Å²) < 4.78 is 0. The highest BCUT2D eigenvalue weighted by Gasteiger charge is 2.21. The molecule has 0 bridgehead atoms. The number of carbonyl (C=O) groups is 2. The third-order valence-corrected chi connectivity index (χ3v) is 4.13. The van der Waals surface area contributed by atoms with Gasteiger partial charge >= 0.3 is 0 Å². The molecule has 0 saturated heterocycles. The first-order valence-corrected chi connectivity index (χ1v) is 8.68. The molecule has 1 unspecified atom stereocenters. The summed E-state index contributed by atoms with van der Waals surface area (Å²) in [7, 11) is 0. The largest absolute Gasteiger partial charge is 0.345 e. The van der Waals surface area contributed by atoms with Crippen molar-refractivity contribution in [1.82, 2.24) is 5.32 Å². The van der Waals surface area contributed by atoms with Crippen molar-refractivity contribution in [2.45, 2.75) is 6.04 Å². The summed E-state index contributed by atoms with van der Waals surface area (Å²) in [6, 6.07) is 26.9. The van der Waals surface area contributed by atoms with Gasteiger partial charge in [0, 0.05) is 11.4 Å². The van der Waals surface area contributed by atoms with Gasteiger partial charge in [0.25, 0.3) is 5.91 Å². The zero-order chi connectivity index (χ0) is 19.1. The van der Waals surface area contributed by atoms with Gasteiger partial charge in [-0.3, -0.25) is 14.5 Å². The Balaban J connectivity index is 1.73. The van der Waals surface area contributed by atoms with E-state index in [1.54, 1.807) is 17.0 Å². The maximum atomic E-state index is 12.9. The number of hydrogen-bond donors (Lipinski definition) is 2. The van der Waals surface area contributed by atoms with E-state index in [0.717, 1.165) is 11.4 Å². The first kappa shape index (κ1) is 18.4. The first-order valence-electron chi connectivity index (χ1n) is 8.68. The molecule has 5 nitrogen and oxygen atoms in total. The molecule has 0 aromatic heterocycles. The third kappa shape index (κ3) is 4.59. The van der Waals surface area contributed by atoms with E-state index in [1.807, 2.05) is 78.9 Å². The Bertz CT molecular complexity index is 844. The minimum atomic E-state index is -0.819. The summed E-state index contributed by atoms with van der Waals surface area (Å²) in [5.74, 6) is -0.642. The number of amides is 2. The summed E-state index contributed by atoms with van der Waals surface area (Å²) >= 11 is 0. The normalized spacial score (nSPS) is 11.4. The van der Waals surface area contributed by atoms with Crippen LogP contribution >= 0.6 is 0 Å². The van der Waals surface area contributed by atoms with Crippen LogP contribution in [-0.4, -0.2) is 18.4 Å². The topological polar surface area (TPSA) is 75.4 Å². The summed E-state index contributed by atoms with van der Waals surface area (Å²) in [6.07, 6.45) is 0. The second-order valence-corrected chi connectivity index (χ2v) is 6.01. The van der Waals surface area contributed by atoms with Crippen LogP contribution in [0.25, 0.3) is 0 Å². The van der Waals surface area contributed by atoms with Crippen molar-refractivity contribution in [1.29, 1.82) is 0 Å². The van der Waals surface area contributed by atoms with Crippen LogP contribution in [0.15, 0.2) is 91.0 Å². The highest BCUT2D eigenvalue weighted by molar-refractivity contribution is 6.03. The van der Waals surface area contributed by atoms with Crippen molar-refractivity contribution in [2.75, 3.05) is 11.4 Å². The fraction of sp³-hybridized carbons (Fsp3) is 0.0909. The van der Waals surface area contributed by atoms with Gasteiger partial charge in [-0.25, -0.2) is 0 Å². The molecule has 3 N–H and O–H groups in total. The fourth-order valence-electron chi connectivity index (χ4n) is 2.75. The molecule has 2 amide bonds. The van der Waals surface area contributed by atoms with Crippen LogP contribution in [0.3, 0.4) is 0 Å². The van der Waals surface area contributed by atoms with E-state index in [2.05, 4.69) is 5.32 Å². The van der Waals surface area contributed by atoms with Crippen LogP contribution in [0.1, 0.15) is 11.6 Å². The van der Waals surface area contributed by atoms with Crippen molar-refractivity contribution in [3.63, 3.8) is 0 Å². The van der Waals surface area contributed by atoms with Crippen molar-refractivity contribution in [3.05, 3.63) is 96.6 Å². The molecule has 0 aliphatic rings. The molecule has 5 heteroatoms. The Morgan fingerprint density at radius 1 is 0.778 bits per heavy atom. The van der Waals surface area contributed by atoms with Gasteiger partial charge in [-0.1, -0.05) is 66.7 Å². The second kappa shape index (κ2) is 8.78. The molecule has 0 radical (unpaired) electrons. The van der Waals surface area contributed by atoms with Crippen LogP contribution in [-0.2, 0) is 9.59 Å². The quantitative estimate of drug-likeness (QED) is 0.710. The fourth-order valence-corrected chi connectivity index (χ4v) is 2.75. The van der Waals surface area contributed by atoms with Crippen molar-refractivity contribution >= 4 is 23.2 Å². The van der Waals surface area contributed by atoms with Gasteiger partial charge in [0.2, 0.25) is 5.91 Å². The number of anilines is 2. The van der Waals surface area contributed by atoms with Crippen LogP contribution in [0, 0.1) is 0 Å². The molecule has 3 aromatic rings. The van der Waals surface area contributed by atoms with E-state index in [1.165, 1.54) is 0 Å². The Kier molecular flexibility index (Phi) is 5.97. The Labute approximate surface area is 158 Å². The average Bonchev–Trinajstić information content (AvgIpc) is 2.74. The standard InChI is InChI=1S/C22H21N3O2/c23-21(17-10-4-1-5-11-17)22(27)24-16-20(26)25(18-12-6-2-7-13-18)19-14-8-3-9-15-19/h1-15,21H,16,23H2,(H,24,27). The lowest BCUT2D eigenvalue weighted by Crippen LogP contribution is -2.41. The monoisotopic (exact) mass is 359 g/mol. The number of carbonyl (C=O) groups excluding carboxylic acids is 2. The molecule has 0 heterocycles. The molecule has 0 spiro atoms.